The van der Waals surface area contributed by atoms with E-state index in [1.165, 1.54) is 4.88 Å². The highest BCUT2D eigenvalue weighted by molar-refractivity contribution is 7.09. The van der Waals surface area contributed by atoms with E-state index in [2.05, 4.69) is 16.8 Å². The lowest BCUT2D eigenvalue weighted by atomic mass is 9.94. The number of carbonyl (C=O) groups is 1. The number of hydrogen-bond donors (Lipinski definition) is 1. The highest BCUT2D eigenvalue weighted by Gasteiger charge is 2.22. The van der Waals surface area contributed by atoms with E-state index in [4.69, 9.17) is 4.74 Å². The highest BCUT2D eigenvalue weighted by Crippen LogP contribution is 2.25. The molecule has 1 N–H and O–H groups in total. The van der Waals surface area contributed by atoms with Crippen LogP contribution in [-0.2, 0) is 11.3 Å². The first kappa shape index (κ1) is 17.0. The fraction of sp³-hybridized carbons (Fsp3) is 0.421. The third-order valence-corrected chi connectivity index (χ3v) is 5.36. The van der Waals surface area contributed by atoms with Crippen LogP contribution in [0, 0.1) is 5.92 Å². The Morgan fingerprint density at radius 2 is 2.00 bits per heavy atom. The molecule has 1 fully saturated rings. The number of nitrogens with zero attached hydrogens (tertiary/aromatic N) is 1. The van der Waals surface area contributed by atoms with Crippen molar-refractivity contribution in [2.24, 2.45) is 5.92 Å². The van der Waals surface area contributed by atoms with Crippen molar-refractivity contribution in [1.82, 2.24) is 5.32 Å². The Hall–Kier alpha value is -1.85. The van der Waals surface area contributed by atoms with Crippen LogP contribution in [0.3, 0.4) is 0 Å². The van der Waals surface area contributed by atoms with Gasteiger partial charge in [0.2, 0.25) is 5.91 Å². The van der Waals surface area contributed by atoms with Gasteiger partial charge in [0.1, 0.15) is 5.75 Å². The monoisotopic (exact) mass is 344 g/mol. The fourth-order valence-electron chi connectivity index (χ4n) is 3.09. The van der Waals surface area contributed by atoms with Gasteiger partial charge in [-0.25, -0.2) is 0 Å². The molecule has 1 aromatic heterocycles. The molecule has 0 radical (unpaired) electrons. The average Bonchev–Trinajstić information content (AvgIpc) is 3.14. The van der Waals surface area contributed by atoms with Crippen molar-refractivity contribution < 1.29 is 9.53 Å². The topological polar surface area (TPSA) is 41.6 Å². The van der Waals surface area contributed by atoms with Crippen molar-refractivity contribution >= 4 is 22.9 Å². The molecule has 1 aliphatic heterocycles. The molecule has 24 heavy (non-hydrogen) atoms. The van der Waals surface area contributed by atoms with Gasteiger partial charge >= 0.3 is 0 Å². The van der Waals surface area contributed by atoms with Crippen LogP contribution in [0.4, 0.5) is 5.69 Å². The molecule has 5 heteroatoms. The molecule has 128 valence electrons. The first-order valence-corrected chi connectivity index (χ1v) is 9.32. The highest BCUT2D eigenvalue weighted by atomic mass is 32.1. The van der Waals surface area contributed by atoms with Crippen LogP contribution in [0.5, 0.6) is 5.75 Å². The van der Waals surface area contributed by atoms with Crippen LogP contribution in [0.1, 0.15) is 24.1 Å². The van der Waals surface area contributed by atoms with Gasteiger partial charge < -0.3 is 15.0 Å². The SMILES string of the molecule is COc1ccc(N(Cc2cccs2)C(=O)CC2CCNCC2)cc1. The lowest BCUT2D eigenvalue weighted by Gasteiger charge is -2.27. The van der Waals surface area contributed by atoms with E-state index in [-0.39, 0.29) is 5.91 Å². The largest absolute Gasteiger partial charge is 0.497 e. The summed E-state index contributed by atoms with van der Waals surface area (Å²) in [5, 5.41) is 5.42. The van der Waals surface area contributed by atoms with Crippen LogP contribution in [-0.4, -0.2) is 26.1 Å². The number of carbonyl (C=O) groups excluding carboxylic acids is 1. The van der Waals surface area contributed by atoms with Crippen molar-refractivity contribution in [3.63, 3.8) is 0 Å². The van der Waals surface area contributed by atoms with Gasteiger partial charge in [0.25, 0.3) is 0 Å². The van der Waals surface area contributed by atoms with Crippen LogP contribution >= 0.6 is 11.3 Å². The molecule has 2 aromatic rings. The van der Waals surface area contributed by atoms with Crippen LogP contribution in [0.2, 0.25) is 0 Å². The zero-order valence-corrected chi connectivity index (χ0v) is 14.8. The number of anilines is 1. The summed E-state index contributed by atoms with van der Waals surface area (Å²) < 4.78 is 5.23. The maximum absolute atomic E-state index is 13.0. The molecule has 3 rings (SSSR count). The van der Waals surface area contributed by atoms with Gasteiger partial charge in [0.15, 0.2) is 0 Å². The number of hydrogen-bond acceptors (Lipinski definition) is 4. The van der Waals surface area contributed by atoms with Gasteiger partial charge in [-0.05, 0) is 67.6 Å². The number of nitrogens with one attached hydrogen (secondary N) is 1. The second-order valence-electron chi connectivity index (χ2n) is 6.15. The molecule has 0 bridgehead atoms. The van der Waals surface area contributed by atoms with Crippen LogP contribution < -0.4 is 15.0 Å². The summed E-state index contributed by atoms with van der Waals surface area (Å²) in [4.78, 5) is 16.1. The van der Waals surface area contributed by atoms with E-state index in [0.29, 0.717) is 18.9 Å². The Morgan fingerprint density at radius 3 is 2.62 bits per heavy atom. The number of piperidine rings is 1. The Bertz CT molecular complexity index is 634. The molecule has 2 heterocycles. The maximum Gasteiger partial charge on any atom is 0.227 e. The molecule has 0 saturated carbocycles. The minimum absolute atomic E-state index is 0.209. The third kappa shape index (κ3) is 4.36. The summed E-state index contributed by atoms with van der Waals surface area (Å²) >= 11 is 1.69. The van der Waals surface area contributed by atoms with Gasteiger partial charge in [-0.3, -0.25) is 4.79 Å². The second kappa shape index (κ2) is 8.31. The Morgan fingerprint density at radius 1 is 1.25 bits per heavy atom. The van der Waals surface area contributed by atoms with Gasteiger partial charge in [0.05, 0.1) is 13.7 Å². The van der Waals surface area contributed by atoms with E-state index >= 15 is 0 Å². The quantitative estimate of drug-likeness (QED) is 0.869. The van der Waals surface area contributed by atoms with Crippen molar-refractivity contribution in [2.75, 3.05) is 25.1 Å². The maximum atomic E-state index is 13.0. The molecule has 0 aliphatic carbocycles. The predicted molar refractivity (Wildman–Crippen MR) is 98.7 cm³/mol. The number of benzene rings is 1. The molecular formula is C19H24N2O2S. The van der Waals surface area contributed by atoms with Gasteiger partial charge in [-0.15, -0.1) is 11.3 Å². The number of thiophene rings is 1. The zero-order chi connectivity index (χ0) is 16.8. The lowest BCUT2D eigenvalue weighted by molar-refractivity contribution is -0.119. The van der Waals surface area contributed by atoms with E-state index in [1.807, 2.05) is 35.2 Å². The molecule has 0 spiro atoms. The van der Waals surface area contributed by atoms with Crippen molar-refractivity contribution in [3.05, 3.63) is 46.7 Å². The van der Waals surface area contributed by atoms with Crippen LogP contribution in [0.25, 0.3) is 0 Å². The smallest absolute Gasteiger partial charge is 0.227 e. The molecule has 1 aromatic carbocycles. The summed E-state index contributed by atoms with van der Waals surface area (Å²) in [6, 6.07) is 11.9. The summed E-state index contributed by atoms with van der Waals surface area (Å²) in [7, 11) is 1.65. The molecular weight excluding hydrogens is 320 g/mol. The van der Waals surface area contributed by atoms with Crippen molar-refractivity contribution in [3.8, 4) is 5.75 Å². The van der Waals surface area contributed by atoms with E-state index in [0.717, 1.165) is 37.4 Å². The summed E-state index contributed by atoms with van der Waals surface area (Å²) in [6.45, 7) is 2.67. The number of amides is 1. The number of ether oxygens (including phenoxy) is 1. The normalized spacial score (nSPS) is 15.2. The number of rotatable bonds is 6. The first-order valence-electron chi connectivity index (χ1n) is 8.44. The van der Waals surface area contributed by atoms with E-state index in [1.54, 1.807) is 18.4 Å². The molecule has 0 atom stereocenters. The minimum Gasteiger partial charge on any atom is -0.497 e. The Balaban J connectivity index is 1.76. The summed E-state index contributed by atoms with van der Waals surface area (Å²) in [5.41, 5.74) is 0.933. The second-order valence-corrected chi connectivity index (χ2v) is 7.19. The number of methoxy groups -OCH3 is 1. The van der Waals surface area contributed by atoms with Gasteiger partial charge in [-0.1, -0.05) is 6.07 Å². The molecule has 1 saturated heterocycles. The standard InChI is InChI=1S/C19H24N2O2S/c1-23-17-6-4-16(5-7-17)21(14-18-3-2-12-24-18)19(22)13-15-8-10-20-11-9-15/h2-7,12,15,20H,8-11,13-14H2,1H3. The Kier molecular flexibility index (Phi) is 5.88. The average molecular weight is 344 g/mol. The summed E-state index contributed by atoms with van der Waals surface area (Å²) in [5.74, 6) is 1.50. The zero-order valence-electron chi connectivity index (χ0n) is 14.0. The van der Waals surface area contributed by atoms with Crippen LogP contribution in [0.15, 0.2) is 41.8 Å². The predicted octanol–water partition coefficient (Wildman–Crippen LogP) is 3.68. The lowest BCUT2D eigenvalue weighted by Crippen LogP contribution is -2.35. The Labute approximate surface area is 147 Å². The van der Waals surface area contributed by atoms with Gasteiger partial charge in [-0.2, -0.15) is 0 Å². The third-order valence-electron chi connectivity index (χ3n) is 4.50. The van der Waals surface area contributed by atoms with Crippen molar-refractivity contribution in [2.45, 2.75) is 25.8 Å². The van der Waals surface area contributed by atoms with E-state index in [9.17, 15) is 4.79 Å². The molecule has 4 nitrogen and oxygen atoms in total. The molecule has 1 aliphatic rings. The fourth-order valence-corrected chi connectivity index (χ4v) is 3.78. The minimum atomic E-state index is 0.209. The van der Waals surface area contributed by atoms with Crippen molar-refractivity contribution in [1.29, 1.82) is 0 Å². The van der Waals surface area contributed by atoms with Gasteiger partial charge in [0, 0.05) is 17.0 Å². The first-order chi connectivity index (χ1) is 11.8. The molecule has 1 amide bonds. The molecule has 0 unspecified atom stereocenters. The summed E-state index contributed by atoms with van der Waals surface area (Å²) in [6.07, 6.45) is 2.79. The van der Waals surface area contributed by atoms with E-state index < -0.39 is 0 Å².